The van der Waals surface area contributed by atoms with E-state index in [1.807, 2.05) is 19.0 Å². The maximum Gasteiger partial charge on any atom is 0.471 e. The van der Waals surface area contributed by atoms with Gasteiger partial charge in [0.25, 0.3) is 5.91 Å². The average molecular weight is 402 g/mol. The molecule has 2 aromatic carbocycles. The third kappa shape index (κ3) is 4.45. The number of amidine groups is 1. The summed E-state index contributed by atoms with van der Waals surface area (Å²) in [7, 11) is 3.73. The smallest absolute Gasteiger partial charge is 0.378 e. The van der Waals surface area contributed by atoms with Crippen LogP contribution in [0, 0.1) is 0 Å². The summed E-state index contributed by atoms with van der Waals surface area (Å²) in [5.41, 5.74) is 1.70. The third-order valence-corrected chi connectivity index (χ3v) is 4.09. The predicted molar refractivity (Wildman–Crippen MR) is 104 cm³/mol. The number of hydrazone groups is 1. The molecule has 150 valence electrons. The van der Waals surface area contributed by atoms with E-state index in [-0.39, 0.29) is 5.57 Å². The third-order valence-electron chi connectivity index (χ3n) is 4.09. The largest absolute Gasteiger partial charge is 0.471 e. The van der Waals surface area contributed by atoms with Crippen LogP contribution < -0.4 is 15.2 Å². The number of halogens is 3. The average Bonchev–Trinajstić information content (AvgIpc) is 2.98. The number of hydrogen-bond acceptors (Lipinski definition) is 4. The molecule has 1 N–H and O–H groups in total. The van der Waals surface area contributed by atoms with Crippen molar-refractivity contribution in [2.24, 2.45) is 5.10 Å². The molecule has 3 rings (SSSR count). The Morgan fingerprint density at radius 2 is 1.69 bits per heavy atom. The van der Waals surface area contributed by atoms with E-state index in [9.17, 15) is 22.8 Å². The molecule has 0 unspecified atom stereocenters. The normalized spacial score (nSPS) is 15.5. The van der Waals surface area contributed by atoms with Gasteiger partial charge in [0.2, 0.25) is 0 Å². The molecule has 0 aromatic heterocycles. The van der Waals surface area contributed by atoms with Gasteiger partial charge in [0, 0.05) is 19.8 Å². The summed E-state index contributed by atoms with van der Waals surface area (Å²) in [6.07, 6.45) is -3.72. The summed E-state index contributed by atoms with van der Waals surface area (Å²) >= 11 is 0. The van der Waals surface area contributed by atoms with Gasteiger partial charge in [-0.2, -0.15) is 18.2 Å². The van der Waals surface area contributed by atoms with Gasteiger partial charge in [-0.15, -0.1) is 5.10 Å². The maximum atomic E-state index is 12.8. The SMILES string of the molecule is CN(C)c1ccc(/C=C2/C(=O)N(c3ccccc3)N=C2NC(=O)C(F)(F)F)cc1. The lowest BCUT2D eigenvalue weighted by molar-refractivity contribution is -0.171. The minimum atomic E-state index is -5.11. The summed E-state index contributed by atoms with van der Waals surface area (Å²) < 4.78 is 38.1. The molecular weight excluding hydrogens is 385 g/mol. The highest BCUT2D eigenvalue weighted by Gasteiger charge is 2.42. The van der Waals surface area contributed by atoms with Gasteiger partial charge < -0.3 is 10.2 Å². The minimum absolute atomic E-state index is 0.149. The fourth-order valence-electron chi connectivity index (χ4n) is 2.60. The van der Waals surface area contributed by atoms with E-state index in [0.29, 0.717) is 11.3 Å². The van der Waals surface area contributed by atoms with Crippen molar-refractivity contribution < 1.29 is 22.8 Å². The first kappa shape index (κ1) is 20.1. The van der Waals surface area contributed by atoms with E-state index >= 15 is 0 Å². The van der Waals surface area contributed by atoms with Crippen LogP contribution in [0.1, 0.15) is 5.56 Å². The zero-order valence-corrected chi connectivity index (χ0v) is 15.6. The Morgan fingerprint density at radius 3 is 2.24 bits per heavy atom. The summed E-state index contributed by atoms with van der Waals surface area (Å²) in [5.74, 6) is -3.31. The summed E-state index contributed by atoms with van der Waals surface area (Å²) in [5, 5.41) is 6.55. The second-order valence-electron chi connectivity index (χ2n) is 6.40. The van der Waals surface area contributed by atoms with Gasteiger partial charge in [-0.05, 0) is 35.9 Å². The number of hydrogen-bond donors (Lipinski definition) is 1. The number of anilines is 2. The van der Waals surface area contributed by atoms with Gasteiger partial charge in [-0.25, -0.2) is 0 Å². The molecule has 2 aromatic rings. The van der Waals surface area contributed by atoms with Gasteiger partial charge in [-0.3, -0.25) is 9.59 Å². The Hall–Kier alpha value is -3.62. The van der Waals surface area contributed by atoms with Crippen molar-refractivity contribution in [1.82, 2.24) is 5.32 Å². The molecule has 0 aliphatic carbocycles. The van der Waals surface area contributed by atoms with Crippen molar-refractivity contribution in [3.05, 3.63) is 65.7 Å². The molecule has 0 saturated heterocycles. The Morgan fingerprint density at radius 1 is 1.07 bits per heavy atom. The van der Waals surface area contributed by atoms with Crippen molar-refractivity contribution in [1.29, 1.82) is 0 Å². The van der Waals surface area contributed by atoms with E-state index in [2.05, 4.69) is 5.10 Å². The van der Waals surface area contributed by atoms with Crippen LogP contribution in [0.3, 0.4) is 0 Å². The number of rotatable bonds is 3. The second-order valence-corrected chi connectivity index (χ2v) is 6.40. The van der Waals surface area contributed by atoms with Crippen molar-refractivity contribution in [3.63, 3.8) is 0 Å². The van der Waals surface area contributed by atoms with E-state index in [1.54, 1.807) is 59.9 Å². The Balaban J connectivity index is 1.99. The highest BCUT2D eigenvalue weighted by Crippen LogP contribution is 2.25. The lowest BCUT2D eigenvalue weighted by Gasteiger charge is -2.12. The fraction of sp³-hybridized carbons (Fsp3) is 0.150. The van der Waals surface area contributed by atoms with Gasteiger partial charge >= 0.3 is 12.1 Å². The fourth-order valence-corrected chi connectivity index (χ4v) is 2.60. The van der Waals surface area contributed by atoms with Crippen molar-refractivity contribution in [2.75, 3.05) is 24.0 Å². The Bertz CT molecular complexity index is 981. The molecule has 1 heterocycles. The summed E-state index contributed by atoms with van der Waals surface area (Å²) in [4.78, 5) is 26.1. The van der Waals surface area contributed by atoms with Crippen LogP contribution in [0.4, 0.5) is 24.5 Å². The van der Waals surface area contributed by atoms with Crippen LogP contribution in [0.5, 0.6) is 0 Å². The van der Waals surface area contributed by atoms with Crippen LogP contribution >= 0.6 is 0 Å². The van der Waals surface area contributed by atoms with Crippen molar-refractivity contribution in [2.45, 2.75) is 6.18 Å². The number of carbonyl (C=O) groups is 2. The van der Waals surface area contributed by atoms with Crippen LogP contribution in [-0.4, -0.2) is 37.9 Å². The molecule has 0 radical (unpaired) electrons. The lowest BCUT2D eigenvalue weighted by atomic mass is 10.1. The second kappa shape index (κ2) is 7.78. The van der Waals surface area contributed by atoms with Crippen LogP contribution in [0.15, 0.2) is 65.3 Å². The summed E-state index contributed by atoms with van der Waals surface area (Å²) in [6, 6.07) is 15.2. The first-order valence-corrected chi connectivity index (χ1v) is 8.52. The highest BCUT2D eigenvalue weighted by atomic mass is 19.4. The van der Waals surface area contributed by atoms with E-state index in [0.717, 1.165) is 10.7 Å². The van der Waals surface area contributed by atoms with E-state index in [4.69, 9.17) is 0 Å². The first-order chi connectivity index (χ1) is 13.7. The highest BCUT2D eigenvalue weighted by molar-refractivity contribution is 6.34. The number of amides is 2. The lowest BCUT2D eigenvalue weighted by Crippen LogP contribution is -2.41. The topological polar surface area (TPSA) is 65.0 Å². The van der Waals surface area contributed by atoms with Crippen LogP contribution in [0.2, 0.25) is 0 Å². The van der Waals surface area contributed by atoms with Crippen LogP contribution in [-0.2, 0) is 9.59 Å². The number of nitrogens with one attached hydrogen (secondary N) is 1. The summed E-state index contributed by atoms with van der Waals surface area (Å²) in [6.45, 7) is 0. The van der Waals surface area contributed by atoms with Crippen molar-refractivity contribution >= 4 is 35.1 Å². The zero-order chi connectivity index (χ0) is 21.2. The number of para-hydroxylation sites is 1. The molecule has 9 heteroatoms. The monoisotopic (exact) mass is 402 g/mol. The van der Waals surface area contributed by atoms with Crippen molar-refractivity contribution in [3.8, 4) is 0 Å². The minimum Gasteiger partial charge on any atom is -0.378 e. The number of carbonyl (C=O) groups excluding carboxylic acids is 2. The van der Waals surface area contributed by atoms with E-state index in [1.165, 1.54) is 6.08 Å². The number of alkyl halides is 3. The van der Waals surface area contributed by atoms with Gasteiger partial charge in [0.15, 0.2) is 5.84 Å². The Kier molecular flexibility index (Phi) is 5.40. The van der Waals surface area contributed by atoms with Gasteiger partial charge in [-0.1, -0.05) is 30.3 Å². The number of nitrogens with zero attached hydrogens (tertiary/aromatic N) is 3. The molecule has 0 saturated carbocycles. The van der Waals surface area contributed by atoms with Gasteiger partial charge in [0.05, 0.1) is 11.3 Å². The molecular formula is C20H17F3N4O2. The molecule has 0 bridgehead atoms. The quantitative estimate of drug-likeness (QED) is 0.802. The first-order valence-electron chi connectivity index (χ1n) is 8.52. The van der Waals surface area contributed by atoms with E-state index < -0.39 is 23.8 Å². The molecule has 1 aliphatic rings. The Labute approximate surface area is 164 Å². The standard InChI is InChI=1S/C20H17F3N4O2/c1-26(2)14-10-8-13(9-11-14)12-16-17(24-19(29)20(21,22)23)25-27(18(16)28)15-6-4-3-5-7-15/h3-12H,1-2H3,(H,24,25,29)/b16-12+. The zero-order valence-electron chi connectivity index (χ0n) is 15.6. The molecule has 0 spiro atoms. The van der Waals surface area contributed by atoms with Crippen LogP contribution in [0.25, 0.3) is 6.08 Å². The predicted octanol–water partition coefficient (Wildman–Crippen LogP) is 3.17. The molecule has 29 heavy (non-hydrogen) atoms. The molecule has 1 aliphatic heterocycles. The molecule has 2 amide bonds. The molecule has 0 fully saturated rings. The molecule has 0 atom stereocenters. The maximum absolute atomic E-state index is 12.8. The number of benzene rings is 2. The van der Waals surface area contributed by atoms with Gasteiger partial charge in [0.1, 0.15) is 0 Å². The molecule has 6 nitrogen and oxygen atoms in total.